The van der Waals surface area contributed by atoms with Crippen molar-refractivity contribution in [3.05, 3.63) is 70.9 Å². The van der Waals surface area contributed by atoms with Crippen molar-refractivity contribution in [3.63, 3.8) is 0 Å². The highest BCUT2D eigenvalue weighted by molar-refractivity contribution is 6.11. The Balaban J connectivity index is 1.57. The number of Topliss-reactive ketones (excluding diaryl/α,β-unsaturated/α-hetero) is 1. The average Bonchev–Trinajstić information content (AvgIpc) is 3.36. The van der Waals surface area contributed by atoms with E-state index in [-0.39, 0.29) is 29.5 Å². The first-order valence-electron chi connectivity index (χ1n) is 11.3. The molecule has 2 aliphatic heterocycles. The van der Waals surface area contributed by atoms with Crippen molar-refractivity contribution in [2.24, 2.45) is 11.8 Å². The van der Waals surface area contributed by atoms with Crippen LogP contribution < -0.4 is 0 Å². The number of ether oxygens (including phenoxy) is 1. The third-order valence-corrected chi connectivity index (χ3v) is 7.03. The molecule has 162 valence electrons. The van der Waals surface area contributed by atoms with Crippen LogP contribution in [0.1, 0.15) is 68.9 Å². The summed E-state index contributed by atoms with van der Waals surface area (Å²) in [5.74, 6) is 1.58. The Morgan fingerprint density at radius 3 is 2.55 bits per heavy atom. The minimum absolute atomic E-state index is 0.0889. The Hall–Kier alpha value is -2.82. The van der Waals surface area contributed by atoms with E-state index < -0.39 is 6.04 Å². The van der Waals surface area contributed by atoms with E-state index in [4.69, 9.17) is 9.15 Å². The van der Waals surface area contributed by atoms with E-state index in [1.54, 1.807) is 11.2 Å². The van der Waals surface area contributed by atoms with Gasteiger partial charge in [-0.1, -0.05) is 45.0 Å². The van der Waals surface area contributed by atoms with Crippen molar-refractivity contribution in [1.82, 2.24) is 4.90 Å². The van der Waals surface area contributed by atoms with Gasteiger partial charge in [-0.15, -0.1) is 0 Å². The van der Waals surface area contributed by atoms with Gasteiger partial charge in [0.1, 0.15) is 11.9 Å². The van der Waals surface area contributed by atoms with Gasteiger partial charge in [0, 0.05) is 0 Å². The van der Waals surface area contributed by atoms with Gasteiger partial charge in [-0.05, 0) is 54.4 Å². The molecule has 0 saturated heterocycles. The van der Waals surface area contributed by atoms with Crippen molar-refractivity contribution in [2.45, 2.75) is 64.6 Å². The van der Waals surface area contributed by atoms with Gasteiger partial charge in [-0.3, -0.25) is 9.59 Å². The standard InChI is InChI=1S/C26H29NO4/c1-15(2)17-7-9-18(10-8-17)23-22-24(28)20-13-16(3)6-11-21(20)31-25(22)26(29)27(23)14-19-5-4-12-30-19/h4-5,7-10,12,15-16,20-21,23H,6,11,13-14H2,1-3H3. The Morgan fingerprint density at radius 2 is 1.87 bits per heavy atom. The van der Waals surface area contributed by atoms with Crippen molar-refractivity contribution >= 4 is 11.7 Å². The maximum absolute atomic E-state index is 13.7. The number of ketones is 1. The molecule has 3 heterocycles. The van der Waals surface area contributed by atoms with E-state index in [9.17, 15) is 9.59 Å². The molecule has 1 aliphatic carbocycles. The van der Waals surface area contributed by atoms with Gasteiger partial charge >= 0.3 is 0 Å². The summed E-state index contributed by atoms with van der Waals surface area (Å²) in [6.07, 6.45) is 4.10. The molecule has 0 radical (unpaired) electrons. The van der Waals surface area contributed by atoms with Crippen LogP contribution in [-0.2, 0) is 20.9 Å². The molecular weight excluding hydrogens is 390 g/mol. The number of hydrogen-bond donors (Lipinski definition) is 0. The van der Waals surface area contributed by atoms with E-state index in [0.29, 0.717) is 29.7 Å². The molecular formula is C26H29NO4. The second-order valence-electron chi connectivity index (χ2n) is 9.52. The summed E-state index contributed by atoms with van der Waals surface area (Å²) in [6.45, 7) is 6.80. The molecule has 3 aliphatic rings. The normalized spacial score (nSPS) is 28.1. The average molecular weight is 420 g/mol. The van der Waals surface area contributed by atoms with Gasteiger partial charge in [0.15, 0.2) is 11.5 Å². The quantitative estimate of drug-likeness (QED) is 0.688. The first kappa shape index (κ1) is 20.1. The maximum atomic E-state index is 13.7. The molecule has 5 rings (SSSR count). The molecule has 2 aromatic rings. The number of hydrogen-bond acceptors (Lipinski definition) is 4. The van der Waals surface area contributed by atoms with Gasteiger partial charge in [-0.2, -0.15) is 0 Å². The van der Waals surface area contributed by atoms with Crippen LogP contribution in [0.4, 0.5) is 0 Å². The zero-order valence-corrected chi connectivity index (χ0v) is 18.3. The van der Waals surface area contributed by atoms with E-state index in [0.717, 1.165) is 24.8 Å². The third-order valence-electron chi connectivity index (χ3n) is 7.03. The first-order valence-corrected chi connectivity index (χ1v) is 11.3. The summed E-state index contributed by atoms with van der Waals surface area (Å²) in [6, 6.07) is 11.5. The molecule has 0 bridgehead atoms. The van der Waals surface area contributed by atoms with Crippen LogP contribution in [0, 0.1) is 11.8 Å². The predicted molar refractivity (Wildman–Crippen MR) is 116 cm³/mol. The molecule has 1 fully saturated rings. The lowest BCUT2D eigenvalue weighted by atomic mass is 9.74. The molecule has 1 aromatic heterocycles. The summed E-state index contributed by atoms with van der Waals surface area (Å²) in [5, 5.41) is 0. The molecule has 1 amide bonds. The Kier molecular flexibility index (Phi) is 4.99. The lowest BCUT2D eigenvalue weighted by Gasteiger charge is -2.37. The fourth-order valence-electron chi connectivity index (χ4n) is 5.27. The molecule has 5 nitrogen and oxygen atoms in total. The van der Waals surface area contributed by atoms with Crippen molar-refractivity contribution in [2.75, 3.05) is 0 Å². The first-order chi connectivity index (χ1) is 14.9. The van der Waals surface area contributed by atoms with Gasteiger partial charge in [-0.25, -0.2) is 0 Å². The van der Waals surface area contributed by atoms with Crippen LogP contribution in [0.25, 0.3) is 0 Å². The zero-order chi connectivity index (χ0) is 21.7. The molecule has 0 spiro atoms. The van der Waals surface area contributed by atoms with Crippen LogP contribution in [0.5, 0.6) is 0 Å². The number of benzene rings is 1. The number of furan rings is 1. The van der Waals surface area contributed by atoms with Gasteiger partial charge in [0.05, 0.1) is 30.3 Å². The van der Waals surface area contributed by atoms with Gasteiger partial charge in [0.2, 0.25) is 0 Å². The van der Waals surface area contributed by atoms with Crippen LogP contribution >= 0.6 is 0 Å². The highest BCUT2D eigenvalue weighted by Gasteiger charge is 2.52. The highest BCUT2D eigenvalue weighted by Crippen LogP contribution is 2.48. The monoisotopic (exact) mass is 419 g/mol. The fourth-order valence-corrected chi connectivity index (χ4v) is 5.27. The molecule has 4 atom stereocenters. The van der Waals surface area contributed by atoms with E-state index in [2.05, 4.69) is 32.9 Å². The fraction of sp³-hybridized carbons (Fsp3) is 0.462. The lowest BCUT2D eigenvalue weighted by Crippen LogP contribution is -2.41. The smallest absolute Gasteiger partial charge is 0.290 e. The van der Waals surface area contributed by atoms with Gasteiger partial charge in [0.25, 0.3) is 5.91 Å². The molecule has 31 heavy (non-hydrogen) atoms. The van der Waals surface area contributed by atoms with Crippen molar-refractivity contribution in [1.29, 1.82) is 0 Å². The summed E-state index contributed by atoms with van der Waals surface area (Å²) < 4.78 is 11.8. The topological polar surface area (TPSA) is 59.8 Å². The predicted octanol–water partition coefficient (Wildman–Crippen LogP) is 5.14. The summed E-state index contributed by atoms with van der Waals surface area (Å²) in [4.78, 5) is 28.9. The summed E-state index contributed by atoms with van der Waals surface area (Å²) in [7, 11) is 0. The van der Waals surface area contributed by atoms with Crippen molar-refractivity contribution in [3.8, 4) is 0 Å². The van der Waals surface area contributed by atoms with E-state index in [1.807, 2.05) is 24.3 Å². The highest BCUT2D eigenvalue weighted by atomic mass is 16.5. The van der Waals surface area contributed by atoms with Crippen molar-refractivity contribution < 1.29 is 18.7 Å². The second-order valence-corrected chi connectivity index (χ2v) is 9.52. The third kappa shape index (κ3) is 3.40. The molecule has 1 saturated carbocycles. The minimum atomic E-state index is -0.445. The minimum Gasteiger partial charge on any atom is -0.483 e. The number of rotatable bonds is 4. The largest absolute Gasteiger partial charge is 0.483 e. The van der Waals surface area contributed by atoms with Crippen LogP contribution in [0.2, 0.25) is 0 Å². The molecule has 1 aromatic carbocycles. The maximum Gasteiger partial charge on any atom is 0.290 e. The van der Waals surface area contributed by atoms with Crippen LogP contribution in [-0.4, -0.2) is 22.7 Å². The molecule has 4 unspecified atom stereocenters. The Labute approximate surface area is 183 Å². The second kappa shape index (κ2) is 7.70. The Morgan fingerprint density at radius 1 is 1.10 bits per heavy atom. The molecule has 5 heteroatoms. The number of fused-ring (bicyclic) bond motifs is 1. The zero-order valence-electron chi connectivity index (χ0n) is 18.3. The number of nitrogens with zero attached hydrogens (tertiary/aromatic N) is 1. The summed E-state index contributed by atoms with van der Waals surface area (Å²) >= 11 is 0. The van der Waals surface area contributed by atoms with E-state index >= 15 is 0 Å². The van der Waals surface area contributed by atoms with Gasteiger partial charge < -0.3 is 14.1 Å². The summed E-state index contributed by atoms with van der Waals surface area (Å²) in [5.41, 5.74) is 2.70. The SMILES string of the molecule is CC1CCC2OC3=C(C(=O)C2C1)C(c1ccc(C(C)C)cc1)N(Cc1ccco1)C3=O. The Bertz CT molecular complexity index is 1020. The lowest BCUT2D eigenvalue weighted by molar-refractivity contribution is -0.136. The van der Waals surface area contributed by atoms with Crippen LogP contribution in [0.15, 0.2) is 58.4 Å². The van der Waals surface area contributed by atoms with E-state index in [1.165, 1.54) is 5.56 Å². The molecule has 0 N–H and O–H groups in total. The number of amides is 1. The number of carbonyl (C=O) groups is 2. The number of carbonyl (C=O) groups excluding carboxylic acids is 2. The van der Waals surface area contributed by atoms with Crippen LogP contribution in [0.3, 0.4) is 0 Å².